The molecule has 0 fully saturated rings. The highest BCUT2D eigenvalue weighted by Gasteiger charge is 2.31. The quantitative estimate of drug-likeness (QED) is 0.660. The topological polar surface area (TPSA) is 80.0 Å². The lowest BCUT2D eigenvalue weighted by molar-refractivity contribution is -0.122. The maximum Gasteiger partial charge on any atom is 0.348 e. The van der Waals surface area contributed by atoms with Crippen LogP contribution in [0.1, 0.15) is 63.9 Å². The standard InChI is InChI=1S/C21H24N2O3S2/c1-12-11-27-19(23-12)15(9-22)16(24)10-26-20(25)18-8-13-7-14(21(2,3)4)5-6-17(13)28-18/h8,11,14-15H,5-7,10H2,1-4H3/t14-,15+/m1/s1. The Hall–Kier alpha value is -2.04. The van der Waals surface area contributed by atoms with Crippen molar-refractivity contribution in [1.82, 2.24) is 4.98 Å². The maximum atomic E-state index is 12.4. The Kier molecular flexibility index (Phi) is 6.01. The molecular formula is C21H24N2O3S2. The summed E-state index contributed by atoms with van der Waals surface area (Å²) in [6.45, 7) is 8.16. The maximum absolute atomic E-state index is 12.4. The number of carbonyl (C=O) groups excluding carboxylic acids is 2. The summed E-state index contributed by atoms with van der Waals surface area (Å²) in [5, 5.41) is 11.5. The minimum atomic E-state index is -0.990. The van der Waals surface area contributed by atoms with Crippen molar-refractivity contribution in [3.05, 3.63) is 37.5 Å². The van der Waals surface area contributed by atoms with Crippen molar-refractivity contribution in [2.75, 3.05) is 6.61 Å². The summed E-state index contributed by atoms with van der Waals surface area (Å²) < 4.78 is 5.22. The minimum Gasteiger partial charge on any atom is -0.453 e. The summed E-state index contributed by atoms with van der Waals surface area (Å²) in [5.41, 5.74) is 2.23. The monoisotopic (exact) mass is 416 g/mol. The molecule has 0 amide bonds. The molecule has 0 radical (unpaired) electrons. The first-order valence-corrected chi connectivity index (χ1v) is 11.0. The van der Waals surface area contributed by atoms with Gasteiger partial charge >= 0.3 is 5.97 Å². The van der Waals surface area contributed by atoms with Crippen molar-refractivity contribution in [2.24, 2.45) is 11.3 Å². The van der Waals surface area contributed by atoms with Crippen LogP contribution in [0.5, 0.6) is 0 Å². The van der Waals surface area contributed by atoms with Crippen molar-refractivity contribution in [2.45, 2.75) is 52.9 Å². The molecule has 0 bridgehead atoms. The number of hydrogen-bond donors (Lipinski definition) is 0. The van der Waals surface area contributed by atoms with E-state index in [2.05, 4.69) is 25.8 Å². The van der Waals surface area contributed by atoms with Gasteiger partial charge in [0.1, 0.15) is 9.88 Å². The van der Waals surface area contributed by atoms with E-state index < -0.39 is 24.3 Å². The number of thiophene rings is 1. The number of nitrogens with zero attached hydrogens (tertiary/aromatic N) is 2. The lowest BCUT2D eigenvalue weighted by atomic mass is 9.72. The van der Waals surface area contributed by atoms with Gasteiger partial charge in [-0.1, -0.05) is 20.8 Å². The largest absolute Gasteiger partial charge is 0.453 e. The van der Waals surface area contributed by atoms with Gasteiger partial charge in [-0.05, 0) is 49.1 Å². The second-order valence-corrected chi connectivity index (χ2v) is 10.3. The molecule has 0 spiro atoms. The molecule has 0 saturated heterocycles. The fourth-order valence-electron chi connectivity index (χ4n) is 3.42. The van der Waals surface area contributed by atoms with Gasteiger partial charge in [0, 0.05) is 16.0 Å². The number of fused-ring (bicyclic) bond motifs is 1. The van der Waals surface area contributed by atoms with Gasteiger partial charge in [0.2, 0.25) is 0 Å². The van der Waals surface area contributed by atoms with E-state index in [1.165, 1.54) is 33.1 Å². The van der Waals surface area contributed by atoms with Gasteiger partial charge in [-0.3, -0.25) is 4.79 Å². The molecule has 148 valence electrons. The third-order valence-electron chi connectivity index (χ3n) is 5.19. The van der Waals surface area contributed by atoms with Gasteiger partial charge in [0.05, 0.1) is 6.07 Å². The number of Topliss-reactive ketones (excluding diaryl/α,β-unsaturated/α-hetero) is 1. The predicted molar refractivity (Wildman–Crippen MR) is 110 cm³/mol. The summed E-state index contributed by atoms with van der Waals surface area (Å²) in [6, 6.07) is 3.88. The van der Waals surface area contributed by atoms with Gasteiger partial charge in [0.25, 0.3) is 0 Å². The average molecular weight is 417 g/mol. The number of ketones is 1. The molecule has 1 aliphatic carbocycles. The first-order chi connectivity index (χ1) is 13.2. The van der Waals surface area contributed by atoms with E-state index in [0.29, 0.717) is 15.8 Å². The zero-order chi connectivity index (χ0) is 20.5. The Labute approximate surface area is 173 Å². The molecule has 0 unspecified atom stereocenters. The van der Waals surface area contributed by atoms with Crippen LogP contribution in [0.2, 0.25) is 0 Å². The van der Waals surface area contributed by atoms with E-state index in [1.807, 2.05) is 19.1 Å². The Bertz CT molecular complexity index is 930. The lowest BCUT2D eigenvalue weighted by Crippen LogP contribution is -2.26. The Morgan fingerprint density at radius 1 is 1.43 bits per heavy atom. The van der Waals surface area contributed by atoms with Gasteiger partial charge in [0.15, 0.2) is 18.3 Å². The second-order valence-electron chi connectivity index (χ2n) is 8.30. The molecule has 0 aliphatic heterocycles. The van der Waals surface area contributed by atoms with Crippen LogP contribution in [0.25, 0.3) is 0 Å². The Morgan fingerprint density at radius 2 is 2.18 bits per heavy atom. The first-order valence-electron chi connectivity index (χ1n) is 9.32. The number of hydrogen-bond acceptors (Lipinski definition) is 7. The molecule has 0 aromatic carbocycles. The number of aromatic nitrogens is 1. The molecule has 5 nitrogen and oxygen atoms in total. The predicted octanol–water partition coefficient (Wildman–Crippen LogP) is 4.70. The SMILES string of the molecule is Cc1csc([C@@H](C#N)C(=O)COC(=O)c2cc3c(s2)CC[C@@H](C(C)(C)C)C3)n1. The zero-order valence-electron chi connectivity index (χ0n) is 16.6. The summed E-state index contributed by atoms with van der Waals surface area (Å²) in [6.07, 6.45) is 3.08. The van der Waals surface area contributed by atoms with Crippen LogP contribution in [-0.4, -0.2) is 23.3 Å². The molecular weight excluding hydrogens is 392 g/mol. The van der Waals surface area contributed by atoms with Crippen LogP contribution < -0.4 is 0 Å². The summed E-state index contributed by atoms with van der Waals surface area (Å²) in [7, 11) is 0. The normalized spacial score (nSPS) is 17.5. The molecule has 0 saturated carbocycles. The van der Waals surface area contributed by atoms with E-state index >= 15 is 0 Å². The van der Waals surface area contributed by atoms with Crippen molar-refractivity contribution < 1.29 is 14.3 Å². The molecule has 28 heavy (non-hydrogen) atoms. The second kappa shape index (κ2) is 8.14. The van der Waals surface area contributed by atoms with Gasteiger partial charge in [-0.25, -0.2) is 9.78 Å². The van der Waals surface area contributed by atoms with Crippen LogP contribution in [0.3, 0.4) is 0 Å². The smallest absolute Gasteiger partial charge is 0.348 e. The summed E-state index contributed by atoms with van der Waals surface area (Å²) in [5.74, 6) is -1.33. The fourth-order valence-corrected chi connectivity index (χ4v) is 5.39. The molecule has 2 aromatic rings. The van der Waals surface area contributed by atoms with Crippen molar-refractivity contribution in [3.63, 3.8) is 0 Å². The van der Waals surface area contributed by atoms with E-state index in [0.717, 1.165) is 25.0 Å². The highest BCUT2D eigenvalue weighted by atomic mass is 32.1. The Morgan fingerprint density at radius 3 is 2.79 bits per heavy atom. The van der Waals surface area contributed by atoms with E-state index in [-0.39, 0.29) is 5.41 Å². The molecule has 7 heteroatoms. The minimum absolute atomic E-state index is 0.243. The van der Waals surface area contributed by atoms with Crippen molar-refractivity contribution in [3.8, 4) is 6.07 Å². The van der Waals surface area contributed by atoms with Gasteiger partial charge < -0.3 is 4.74 Å². The zero-order valence-corrected chi connectivity index (χ0v) is 18.2. The number of carbonyl (C=O) groups is 2. The van der Waals surface area contributed by atoms with Crippen molar-refractivity contribution >= 4 is 34.4 Å². The molecule has 0 N–H and O–H groups in total. The molecule has 2 atom stereocenters. The molecule has 2 aromatic heterocycles. The summed E-state index contributed by atoms with van der Waals surface area (Å²) in [4.78, 5) is 30.7. The third-order valence-corrected chi connectivity index (χ3v) is 7.43. The molecule has 1 aliphatic rings. The van der Waals surface area contributed by atoms with E-state index in [9.17, 15) is 14.9 Å². The Balaban J connectivity index is 1.62. The van der Waals surface area contributed by atoms with Crippen molar-refractivity contribution in [1.29, 1.82) is 5.26 Å². The van der Waals surface area contributed by atoms with Crippen LogP contribution in [0.4, 0.5) is 0 Å². The van der Waals surface area contributed by atoms with Gasteiger partial charge in [-0.15, -0.1) is 22.7 Å². The van der Waals surface area contributed by atoms with Crippen LogP contribution >= 0.6 is 22.7 Å². The number of thiazole rings is 1. The number of ether oxygens (including phenoxy) is 1. The van der Waals surface area contributed by atoms with E-state index in [1.54, 1.807) is 5.38 Å². The number of esters is 1. The fraction of sp³-hybridized carbons (Fsp3) is 0.524. The van der Waals surface area contributed by atoms with Crippen LogP contribution in [0, 0.1) is 29.6 Å². The molecule has 2 heterocycles. The molecule has 3 rings (SSSR count). The highest BCUT2D eigenvalue weighted by Crippen LogP contribution is 2.40. The van der Waals surface area contributed by atoms with Crippen LogP contribution in [0.15, 0.2) is 11.4 Å². The van der Waals surface area contributed by atoms with Crippen LogP contribution in [-0.2, 0) is 22.4 Å². The number of aryl methyl sites for hydroxylation is 2. The summed E-state index contributed by atoms with van der Waals surface area (Å²) >= 11 is 2.73. The van der Waals surface area contributed by atoms with Gasteiger partial charge in [-0.2, -0.15) is 5.26 Å². The number of nitriles is 1. The first kappa shape index (κ1) is 20.7. The number of rotatable bonds is 5. The average Bonchev–Trinajstić information content (AvgIpc) is 3.25. The third kappa shape index (κ3) is 4.50. The lowest BCUT2D eigenvalue weighted by Gasteiger charge is -2.33. The highest BCUT2D eigenvalue weighted by molar-refractivity contribution is 7.14. The van der Waals surface area contributed by atoms with E-state index in [4.69, 9.17) is 4.74 Å².